The Morgan fingerprint density at radius 3 is 2.62 bits per heavy atom. The molecule has 0 aliphatic carbocycles. The fraction of sp³-hybridized carbons (Fsp3) is 0.524. The van der Waals surface area contributed by atoms with Crippen molar-refractivity contribution < 1.29 is 24.3 Å². The number of nitro groups is 1. The molecule has 0 spiro atoms. The fourth-order valence-electron chi connectivity index (χ4n) is 2.78. The number of nitrogens with two attached hydrogens (primary N) is 1. The minimum Gasteiger partial charge on any atom is -0.463 e. The third-order valence-corrected chi connectivity index (χ3v) is 4.42. The van der Waals surface area contributed by atoms with Gasteiger partial charge in [0.15, 0.2) is 0 Å². The smallest absolute Gasteiger partial charge is 0.429 e. The molecule has 0 saturated carbocycles. The lowest BCUT2D eigenvalue weighted by Gasteiger charge is -2.33. The summed E-state index contributed by atoms with van der Waals surface area (Å²) >= 11 is 0. The molecule has 13 nitrogen and oxygen atoms in total. The highest BCUT2D eigenvalue weighted by Crippen LogP contribution is 2.34. The van der Waals surface area contributed by atoms with E-state index in [2.05, 4.69) is 15.0 Å². The molecule has 2 heterocycles. The van der Waals surface area contributed by atoms with Gasteiger partial charge in [-0.25, -0.2) is 9.80 Å². The molecule has 0 unspecified atom stereocenters. The number of aliphatic hydroxyl groups is 1. The van der Waals surface area contributed by atoms with Crippen molar-refractivity contribution >= 4 is 23.4 Å². The van der Waals surface area contributed by atoms with Crippen LogP contribution in [0.15, 0.2) is 18.3 Å². The van der Waals surface area contributed by atoms with E-state index in [4.69, 9.17) is 15.2 Å². The highest BCUT2D eigenvalue weighted by Gasteiger charge is 2.33. The molecule has 0 aliphatic rings. The van der Waals surface area contributed by atoms with E-state index in [0.29, 0.717) is 11.3 Å². The Morgan fingerprint density at radius 2 is 2.03 bits per heavy atom. The Kier molecular flexibility index (Phi) is 8.90. The molecule has 0 radical (unpaired) electrons. The van der Waals surface area contributed by atoms with E-state index < -0.39 is 28.1 Å². The number of rotatable bonds is 10. The molecule has 2 rings (SSSR count). The van der Waals surface area contributed by atoms with Gasteiger partial charge in [0.25, 0.3) is 0 Å². The molecule has 0 fully saturated rings. The van der Waals surface area contributed by atoms with E-state index in [1.165, 1.54) is 18.3 Å². The Bertz CT molecular complexity index is 1010. The number of hydrazine groups is 1. The molecule has 34 heavy (non-hydrogen) atoms. The van der Waals surface area contributed by atoms with Crippen LogP contribution in [-0.4, -0.2) is 55.3 Å². The largest absolute Gasteiger partial charge is 0.463 e. The Labute approximate surface area is 197 Å². The van der Waals surface area contributed by atoms with Crippen LogP contribution < -0.4 is 15.5 Å². The van der Waals surface area contributed by atoms with Gasteiger partial charge in [-0.15, -0.1) is 0 Å². The number of anilines is 2. The summed E-state index contributed by atoms with van der Waals surface area (Å²) in [5.74, 6) is -0.685. The summed E-state index contributed by atoms with van der Waals surface area (Å²) in [5.41, 5.74) is 5.46. The summed E-state index contributed by atoms with van der Waals surface area (Å²) in [6.45, 7) is 6.99. The zero-order valence-electron chi connectivity index (χ0n) is 20.0. The van der Waals surface area contributed by atoms with Gasteiger partial charge in [-0.2, -0.15) is 9.97 Å². The number of nitrogens with zero attached hydrogens (tertiary/aromatic N) is 6. The number of nitrogen functional groups attached to an aromatic ring is 1. The topological polar surface area (TPSA) is 170 Å². The van der Waals surface area contributed by atoms with Gasteiger partial charge in [-0.05, 0) is 44.9 Å². The van der Waals surface area contributed by atoms with E-state index in [0.717, 1.165) is 17.9 Å². The van der Waals surface area contributed by atoms with E-state index in [9.17, 15) is 20.0 Å². The van der Waals surface area contributed by atoms with Crippen LogP contribution in [-0.2, 0) is 17.9 Å². The molecular weight excluding hydrogens is 446 g/mol. The molecule has 2 aromatic rings. The van der Waals surface area contributed by atoms with Crippen LogP contribution in [0.4, 0.5) is 22.1 Å². The molecule has 13 heteroatoms. The molecule has 0 saturated heterocycles. The SMILES string of the molecule is CCCCOc1nc(N)c([N+](=O)[O-])c(N(Cc2cc(CO)ccn2)N(C)C(=O)OC(C)(C)C)n1. The second-order valence-corrected chi connectivity index (χ2v) is 8.40. The maximum absolute atomic E-state index is 12.9. The van der Waals surface area contributed by atoms with Crippen LogP contribution in [0.1, 0.15) is 51.8 Å². The number of aromatic nitrogens is 3. The van der Waals surface area contributed by atoms with Crippen LogP contribution in [0.25, 0.3) is 0 Å². The number of carbonyl (C=O) groups excluding carboxylic acids is 1. The predicted molar refractivity (Wildman–Crippen MR) is 124 cm³/mol. The number of hydrogen-bond donors (Lipinski definition) is 2. The molecule has 0 aromatic carbocycles. The Hall–Kier alpha value is -3.74. The van der Waals surface area contributed by atoms with E-state index >= 15 is 0 Å². The summed E-state index contributed by atoms with van der Waals surface area (Å²) in [4.78, 5) is 36.4. The first kappa shape index (κ1) is 26.5. The molecule has 0 bridgehead atoms. The molecule has 0 aliphatic heterocycles. The van der Waals surface area contributed by atoms with Gasteiger partial charge >= 0.3 is 17.8 Å². The lowest BCUT2D eigenvalue weighted by molar-refractivity contribution is -0.383. The van der Waals surface area contributed by atoms with Crippen LogP contribution in [0, 0.1) is 10.1 Å². The van der Waals surface area contributed by atoms with Crippen molar-refractivity contribution in [3.63, 3.8) is 0 Å². The van der Waals surface area contributed by atoms with E-state index in [1.54, 1.807) is 32.9 Å². The second-order valence-electron chi connectivity index (χ2n) is 8.40. The number of unbranched alkanes of at least 4 members (excludes halogenated alkanes) is 1. The monoisotopic (exact) mass is 477 g/mol. The van der Waals surface area contributed by atoms with Gasteiger partial charge in [0.2, 0.25) is 11.6 Å². The van der Waals surface area contributed by atoms with Crippen LogP contribution in [0.2, 0.25) is 0 Å². The minimum atomic E-state index is -0.822. The molecule has 2 aromatic heterocycles. The summed E-state index contributed by atoms with van der Waals surface area (Å²) in [7, 11) is 1.38. The van der Waals surface area contributed by atoms with Crippen molar-refractivity contribution in [1.29, 1.82) is 0 Å². The van der Waals surface area contributed by atoms with Gasteiger partial charge in [0.05, 0.1) is 30.4 Å². The molecule has 3 N–H and O–H groups in total. The maximum atomic E-state index is 12.9. The summed E-state index contributed by atoms with van der Waals surface area (Å²) in [5, 5.41) is 23.6. The third kappa shape index (κ3) is 7.13. The molecule has 0 atom stereocenters. The van der Waals surface area contributed by atoms with Crippen molar-refractivity contribution in [2.75, 3.05) is 24.4 Å². The zero-order valence-corrected chi connectivity index (χ0v) is 20.0. The van der Waals surface area contributed by atoms with Crippen molar-refractivity contribution in [1.82, 2.24) is 20.0 Å². The zero-order chi connectivity index (χ0) is 25.5. The number of carbonyl (C=O) groups is 1. The van der Waals surface area contributed by atoms with Crippen LogP contribution in [0.5, 0.6) is 6.01 Å². The van der Waals surface area contributed by atoms with Crippen molar-refractivity contribution in [2.45, 2.75) is 59.3 Å². The van der Waals surface area contributed by atoms with Crippen molar-refractivity contribution in [3.05, 3.63) is 39.7 Å². The summed E-state index contributed by atoms with van der Waals surface area (Å²) < 4.78 is 11.0. The lowest BCUT2D eigenvalue weighted by atomic mass is 10.2. The van der Waals surface area contributed by atoms with E-state index in [-0.39, 0.29) is 31.6 Å². The normalized spacial score (nSPS) is 11.1. The first-order valence-electron chi connectivity index (χ1n) is 10.7. The van der Waals surface area contributed by atoms with Crippen molar-refractivity contribution in [3.8, 4) is 6.01 Å². The van der Waals surface area contributed by atoms with Gasteiger partial charge in [-0.1, -0.05) is 13.3 Å². The number of hydrogen-bond acceptors (Lipinski definition) is 11. The average molecular weight is 478 g/mol. The highest BCUT2D eigenvalue weighted by molar-refractivity contribution is 5.74. The van der Waals surface area contributed by atoms with Crippen LogP contribution >= 0.6 is 0 Å². The first-order valence-corrected chi connectivity index (χ1v) is 10.7. The predicted octanol–water partition coefficient (Wildman–Crippen LogP) is 2.82. The van der Waals surface area contributed by atoms with E-state index in [1.807, 2.05) is 6.92 Å². The number of ether oxygens (including phenoxy) is 2. The number of aliphatic hydroxyl groups excluding tert-OH is 1. The van der Waals surface area contributed by atoms with Gasteiger partial charge in [0, 0.05) is 13.2 Å². The molecule has 186 valence electrons. The lowest BCUT2D eigenvalue weighted by Crippen LogP contribution is -2.46. The third-order valence-electron chi connectivity index (χ3n) is 4.42. The van der Waals surface area contributed by atoms with Crippen LogP contribution in [0.3, 0.4) is 0 Å². The highest BCUT2D eigenvalue weighted by atomic mass is 16.6. The second kappa shape index (κ2) is 11.4. The Morgan fingerprint density at radius 1 is 1.32 bits per heavy atom. The number of pyridine rings is 1. The summed E-state index contributed by atoms with van der Waals surface area (Å²) in [6.07, 6.45) is 2.27. The molecule has 1 amide bonds. The van der Waals surface area contributed by atoms with Gasteiger partial charge in [-0.3, -0.25) is 20.1 Å². The summed E-state index contributed by atoms with van der Waals surface area (Å²) in [6, 6.07) is 3.06. The maximum Gasteiger partial charge on any atom is 0.429 e. The van der Waals surface area contributed by atoms with Gasteiger partial charge in [0.1, 0.15) is 5.60 Å². The quantitative estimate of drug-likeness (QED) is 0.293. The average Bonchev–Trinajstić information content (AvgIpc) is 2.75. The first-order chi connectivity index (χ1) is 16.0. The van der Waals surface area contributed by atoms with Gasteiger partial charge < -0.3 is 20.3 Å². The fourth-order valence-corrected chi connectivity index (χ4v) is 2.78. The van der Waals surface area contributed by atoms with Crippen molar-refractivity contribution in [2.24, 2.45) is 0 Å². The minimum absolute atomic E-state index is 0.130. The Balaban J connectivity index is 2.61. The standard InChI is InChI=1S/C21H31N7O6/c1-6-7-10-33-19-24-17(22)16(28(31)32)18(25-19)27(26(5)20(30)34-21(2,3)4)12-15-11-14(13-29)8-9-23-15/h8-9,11,29H,6-7,10,12-13H2,1-5H3,(H2,22,24,25). The molecular formula is C21H31N7O6. The number of amides is 1.